The molecule has 0 bridgehead atoms. The molecular weight excluding hydrogens is 240 g/mol. The highest BCUT2D eigenvalue weighted by molar-refractivity contribution is 5.85. The summed E-state index contributed by atoms with van der Waals surface area (Å²) in [6.07, 6.45) is 5.11. The molecule has 1 saturated carbocycles. The molecule has 2 rings (SSSR count). The largest absolute Gasteiger partial charge is 0.478 e. The predicted molar refractivity (Wildman–Crippen MR) is 73.8 cm³/mol. The molecule has 0 spiro atoms. The lowest BCUT2D eigenvalue weighted by atomic mass is 10.1. The highest BCUT2D eigenvalue weighted by Gasteiger charge is 2.23. The SMILES string of the molecule is CN(CC1CC1)c1ccc(/C=C/C(=O)O)cc1C#N. The molecule has 0 radical (unpaired) electrons. The number of nitrogens with zero attached hydrogens (tertiary/aromatic N) is 2. The van der Waals surface area contributed by atoms with E-state index in [1.165, 1.54) is 18.9 Å². The topological polar surface area (TPSA) is 64.3 Å². The van der Waals surface area contributed by atoms with Crippen LogP contribution in [0.2, 0.25) is 0 Å². The number of carbonyl (C=O) groups is 1. The van der Waals surface area contributed by atoms with Crippen LogP contribution in [0.3, 0.4) is 0 Å². The molecule has 0 aliphatic heterocycles. The Labute approximate surface area is 112 Å². The number of benzene rings is 1. The van der Waals surface area contributed by atoms with E-state index in [0.29, 0.717) is 5.56 Å². The molecule has 1 aliphatic carbocycles. The molecule has 0 aromatic heterocycles. The monoisotopic (exact) mass is 256 g/mol. The van der Waals surface area contributed by atoms with Gasteiger partial charge in [-0.3, -0.25) is 0 Å². The van der Waals surface area contributed by atoms with Gasteiger partial charge in [0.25, 0.3) is 0 Å². The summed E-state index contributed by atoms with van der Waals surface area (Å²) in [7, 11) is 1.99. The van der Waals surface area contributed by atoms with Crippen molar-refractivity contribution < 1.29 is 9.90 Å². The van der Waals surface area contributed by atoms with Crippen LogP contribution in [0, 0.1) is 17.2 Å². The summed E-state index contributed by atoms with van der Waals surface area (Å²) in [5.41, 5.74) is 2.21. The van der Waals surface area contributed by atoms with Crippen LogP contribution in [-0.2, 0) is 4.79 Å². The number of carboxylic acid groups (broad SMARTS) is 1. The number of hydrogen-bond donors (Lipinski definition) is 1. The van der Waals surface area contributed by atoms with Gasteiger partial charge in [0.2, 0.25) is 0 Å². The number of nitriles is 1. The number of rotatable bonds is 5. The van der Waals surface area contributed by atoms with Crippen LogP contribution in [0.25, 0.3) is 6.08 Å². The van der Waals surface area contributed by atoms with Crippen molar-refractivity contribution >= 4 is 17.7 Å². The molecule has 0 atom stereocenters. The summed E-state index contributed by atoms with van der Waals surface area (Å²) < 4.78 is 0. The van der Waals surface area contributed by atoms with Gasteiger partial charge in [0.15, 0.2) is 0 Å². The molecule has 0 saturated heterocycles. The molecule has 0 amide bonds. The summed E-state index contributed by atoms with van der Waals surface area (Å²) in [5, 5.41) is 17.8. The van der Waals surface area contributed by atoms with E-state index in [-0.39, 0.29) is 0 Å². The van der Waals surface area contributed by atoms with Crippen molar-refractivity contribution in [1.29, 1.82) is 5.26 Å². The van der Waals surface area contributed by atoms with Crippen LogP contribution in [0.5, 0.6) is 0 Å². The van der Waals surface area contributed by atoms with Gasteiger partial charge in [-0.25, -0.2) is 4.79 Å². The fraction of sp³-hybridized carbons (Fsp3) is 0.333. The Morgan fingerprint density at radius 2 is 2.32 bits per heavy atom. The van der Waals surface area contributed by atoms with Crippen molar-refractivity contribution in [2.75, 3.05) is 18.5 Å². The van der Waals surface area contributed by atoms with Gasteiger partial charge in [-0.1, -0.05) is 6.07 Å². The standard InChI is InChI=1S/C15H16N2O2/c1-17(10-12-2-3-12)14-6-4-11(5-7-15(18)19)8-13(14)9-16/h4-8,12H,2-3,10H2,1H3,(H,18,19)/b7-5+. The van der Waals surface area contributed by atoms with Crippen molar-refractivity contribution in [2.24, 2.45) is 5.92 Å². The molecule has 98 valence electrons. The maximum absolute atomic E-state index is 10.5. The number of anilines is 1. The molecule has 4 nitrogen and oxygen atoms in total. The average Bonchev–Trinajstić information content (AvgIpc) is 3.19. The molecule has 0 heterocycles. The third-order valence-corrected chi connectivity index (χ3v) is 3.20. The normalized spacial score (nSPS) is 14.3. The summed E-state index contributed by atoms with van der Waals surface area (Å²) in [5.74, 6) is -0.239. The first-order chi connectivity index (χ1) is 9.10. The maximum atomic E-state index is 10.5. The minimum Gasteiger partial charge on any atom is -0.478 e. The van der Waals surface area contributed by atoms with Crippen molar-refractivity contribution in [3.05, 3.63) is 35.4 Å². The van der Waals surface area contributed by atoms with E-state index >= 15 is 0 Å². The fourth-order valence-electron chi connectivity index (χ4n) is 2.03. The van der Waals surface area contributed by atoms with Crippen LogP contribution < -0.4 is 4.90 Å². The van der Waals surface area contributed by atoms with E-state index in [0.717, 1.165) is 29.8 Å². The summed E-state index contributed by atoms with van der Waals surface area (Å²) >= 11 is 0. The van der Waals surface area contributed by atoms with E-state index in [1.807, 2.05) is 19.2 Å². The number of aliphatic carboxylic acids is 1. The Morgan fingerprint density at radius 3 is 2.89 bits per heavy atom. The Hall–Kier alpha value is -2.28. The van der Waals surface area contributed by atoms with Crippen LogP contribution >= 0.6 is 0 Å². The Morgan fingerprint density at radius 1 is 1.58 bits per heavy atom. The van der Waals surface area contributed by atoms with E-state index < -0.39 is 5.97 Å². The fourth-order valence-corrected chi connectivity index (χ4v) is 2.03. The molecule has 1 fully saturated rings. The minimum atomic E-state index is -0.992. The van der Waals surface area contributed by atoms with Crippen LogP contribution in [0.15, 0.2) is 24.3 Å². The second-order valence-corrected chi connectivity index (χ2v) is 4.88. The van der Waals surface area contributed by atoms with E-state index in [2.05, 4.69) is 11.0 Å². The lowest BCUT2D eigenvalue weighted by molar-refractivity contribution is -0.131. The summed E-state index contributed by atoms with van der Waals surface area (Å²) in [6.45, 7) is 0.971. The zero-order valence-corrected chi connectivity index (χ0v) is 10.8. The molecule has 4 heteroatoms. The third-order valence-electron chi connectivity index (χ3n) is 3.20. The van der Waals surface area contributed by atoms with Crippen molar-refractivity contribution in [2.45, 2.75) is 12.8 Å². The summed E-state index contributed by atoms with van der Waals surface area (Å²) in [6, 6.07) is 7.61. The Kier molecular flexibility index (Phi) is 3.86. The van der Waals surface area contributed by atoms with E-state index in [9.17, 15) is 10.1 Å². The molecule has 0 unspecified atom stereocenters. The smallest absolute Gasteiger partial charge is 0.328 e. The lowest BCUT2D eigenvalue weighted by Crippen LogP contribution is -2.20. The first kappa shape index (κ1) is 13.2. The zero-order chi connectivity index (χ0) is 13.8. The minimum absolute atomic E-state index is 0.579. The van der Waals surface area contributed by atoms with E-state index in [1.54, 1.807) is 6.07 Å². The zero-order valence-electron chi connectivity index (χ0n) is 10.8. The van der Waals surface area contributed by atoms with Gasteiger partial charge in [-0.2, -0.15) is 5.26 Å². The first-order valence-electron chi connectivity index (χ1n) is 6.26. The summed E-state index contributed by atoms with van der Waals surface area (Å²) in [4.78, 5) is 12.6. The maximum Gasteiger partial charge on any atom is 0.328 e. The van der Waals surface area contributed by atoms with Gasteiger partial charge in [-0.05, 0) is 42.5 Å². The molecule has 1 aliphatic rings. The molecule has 1 aromatic rings. The lowest BCUT2D eigenvalue weighted by Gasteiger charge is -2.20. The van der Waals surface area contributed by atoms with Gasteiger partial charge in [-0.15, -0.1) is 0 Å². The molecule has 1 aromatic carbocycles. The van der Waals surface area contributed by atoms with E-state index in [4.69, 9.17) is 5.11 Å². The second-order valence-electron chi connectivity index (χ2n) is 4.88. The quantitative estimate of drug-likeness (QED) is 0.822. The van der Waals surface area contributed by atoms with Gasteiger partial charge in [0.05, 0.1) is 11.3 Å². The Bertz CT molecular complexity index is 554. The van der Waals surface area contributed by atoms with Crippen molar-refractivity contribution in [1.82, 2.24) is 0 Å². The van der Waals surface area contributed by atoms with Gasteiger partial charge >= 0.3 is 5.97 Å². The highest BCUT2D eigenvalue weighted by atomic mass is 16.4. The second kappa shape index (κ2) is 5.57. The Balaban J connectivity index is 2.20. The van der Waals surface area contributed by atoms with Crippen LogP contribution in [0.4, 0.5) is 5.69 Å². The number of carboxylic acids is 1. The van der Waals surface area contributed by atoms with Crippen LogP contribution in [-0.4, -0.2) is 24.7 Å². The highest BCUT2D eigenvalue weighted by Crippen LogP contribution is 2.31. The molecule has 1 N–H and O–H groups in total. The van der Waals surface area contributed by atoms with Crippen molar-refractivity contribution in [3.8, 4) is 6.07 Å². The first-order valence-corrected chi connectivity index (χ1v) is 6.26. The van der Waals surface area contributed by atoms with Crippen molar-refractivity contribution in [3.63, 3.8) is 0 Å². The van der Waals surface area contributed by atoms with Gasteiger partial charge in [0.1, 0.15) is 6.07 Å². The predicted octanol–water partition coefficient (Wildman–Crippen LogP) is 2.50. The van der Waals surface area contributed by atoms with Gasteiger partial charge < -0.3 is 10.0 Å². The molecular formula is C15H16N2O2. The van der Waals surface area contributed by atoms with Gasteiger partial charge in [0, 0.05) is 19.7 Å². The third kappa shape index (κ3) is 3.59. The van der Waals surface area contributed by atoms with Crippen LogP contribution in [0.1, 0.15) is 24.0 Å². The number of hydrogen-bond acceptors (Lipinski definition) is 3. The molecule has 19 heavy (non-hydrogen) atoms. The average molecular weight is 256 g/mol.